The second-order valence-corrected chi connectivity index (χ2v) is 7.37. The van der Waals surface area contributed by atoms with Crippen molar-refractivity contribution in [3.8, 4) is 0 Å². The average Bonchev–Trinajstić information content (AvgIpc) is 3.33. The summed E-state index contributed by atoms with van der Waals surface area (Å²) >= 11 is 3.40. The highest BCUT2D eigenvalue weighted by molar-refractivity contribution is 9.10. The third kappa shape index (κ3) is 6.42. The van der Waals surface area contributed by atoms with Gasteiger partial charge >= 0.3 is 0 Å². The summed E-state index contributed by atoms with van der Waals surface area (Å²) in [7, 11) is 0. The van der Waals surface area contributed by atoms with Gasteiger partial charge in [0.2, 0.25) is 5.91 Å². The summed E-state index contributed by atoms with van der Waals surface area (Å²) in [5.41, 5.74) is 0.856. The zero-order valence-corrected chi connectivity index (χ0v) is 15.7. The van der Waals surface area contributed by atoms with Crippen molar-refractivity contribution in [2.24, 2.45) is 5.92 Å². The molecule has 4 nitrogen and oxygen atoms in total. The van der Waals surface area contributed by atoms with Crippen molar-refractivity contribution < 1.29 is 4.79 Å². The van der Waals surface area contributed by atoms with Gasteiger partial charge in [-0.2, -0.15) is 0 Å². The van der Waals surface area contributed by atoms with E-state index in [2.05, 4.69) is 31.5 Å². The number of rotatable bonds is 6. The van der Waals surface area contributed by atoms with Crippen molar-refractivity contribution in [3.63, 3.8) is 0 Å². The summed E-state index contributed by atoms with van der Waals surface area (Å²) < 4.78 is 1.02. The SMILES string of the molecule is Cl.O=C(CN1CCC(NCC2CC2)CC1)Nc1ccc(Br)cc1. The number of carbonyl (C=O) groups is 1. The number of halogens is 2. The summed E-state index contributed by atoms with van der Waals surface area (Å²) in [5.74, 6) is 1.02. The molecule has 2 N–H and O–H groups in total. The molecule has 3 rings (SSSR count). The van der Waals surface area contributed by atoms with E-state index in [-0.39, 0.29) is 18.3 Å². The van der Waals surface area contributed by atoms with Gasteiger partial charge in [0.05, 0.1) is 6.54 Å². The lowest BCUT2D eigenvalue weighted by atomic mass is 10.0. The fraction of sp³-hybridized carbons (Fsp3) is 0.588. The molecule has 1 amide bonds. The Morgan fingerprint density at radius 3 is 2.39 bits per heavy atom. The molecule has 23 heavy (non-hydrogen) atoms. The first-order valence-electron chi connectivity index (χ1n) is 8.20. The fourth-order valence-electron chi connectivity index (χ4n) is 2.89. The molecular formula is C17H25BrClN3O. The first kappa shape index (κ1) is 18.7. The molecule has 0 spiro atoms. The van der Waals surface area contributed by atoms with Crippen molar-refractivity contribution in [2.45, 2.75) is 31.7 Å². The Bertz CT molecular complexity index is 499. The molecule has 1 aliphatic heterocycles. The molecule has 0 radical (unpaired) electrons. The maximum atomic E-state index is 12.1. The molecule has 0 bridgehead atoms. The van der Waals surface area contributed by atoms with Crippen LogP contribution in [0.4, 0.5) is 5.69 Å². The minimum absolute atomic E-state index is 0. The van der Waals surface area contributed by atoms with Gasteiger partial charge in [-0.15, -0.1) is 12.4 Å². The summed E-state index contributed by atoms with van der Waals surface area (Å²) in [6.07, 6.45) is 5.11. The smallest absolute Gasteiger partial charge is 0.238 e. The minimum atomic E-state index is 0. The molecule has 1 aromatic carbocycles. The third-order valence-electron chi connectivity index (χ3n) is 4.47. The van der Waals surface area contributed by atoms with Gasteiger partial charge in [0.15, 0.2) is 0 Å². The number of nitrogens with one attached hydrogen (secondary N) is 2. The van der Waals surface area contributed by atoms with E-state index >= 15 is 0 Å². The first-order valence-corrected chi connectivity index (χ1v) is 8.99. The minimum Gasteiger partial charge on any atom is -0.325 e. The predicted molar refractivity (Wildman–Crippen MR) is 100 cm³/mol. The lowest BCUT2D eigenvalue weighted by molar-refractivity contribution is -0.117. The van der Waals surface area contributed by atoms with Crippen LogP contribution in [0.5, 0.6) is 0 Å². The van der Waals surface area contributed by atoms with E-state index in [0.717, 1.165) is 42.0 Å². The van der Waals surface area contributed by atoms with Gasteiger partial charge in [-0.1, -0.05) is 15.9 Å². The van der Waals surface area contributed by atoms with Gasteiger partial charge < -0.3 is 10.6 Å². The number of benzene rings is 1. The molecule has 0 unspecified atom stereocenters. The third-order valence-corrected chi connectivity index (χ3v) is 5.00. The van der Waals surface area contributed by atoms with Crippen LogP contribution in [0.15, 0.2) is 28.7 Å². The van der Waals surface area contributed by atoms with E-state index in [1.807, 2.05) is 24.3 Å². The van der Waals surface area contributed by atoms with Crippen LogP contribution >= 0.6 is 28.3 Å². The van der Waals surface area contributed by atoms with Crippen LogP contribution in [0.3, 0.4) is 0 Å². The van der Waals surface area contributed by atoms with Gasteiger partial charge in [0.25, 0.3) is 0 Å². The van der Waals surface area contributed by atoms with Crippen molar-refractivity contribution in [2.75, 3.05) is 31.5 Å². The Labute approximate surface area is 152 Å². The maximum absolute atomic E-state index is 12.1. The van der Waals surface area contributed by atoms with Crippen molar-refractivity contribution in [1.29, 1.82) is 0 Å². The van der Waals surface area contributed by atoms with Crippen LogP contribution in [-0.4, -0.2) is 43.0 Å². The largest absolute Gasteiger partial charge is 0.325 e. The lowest BCUT2D eigenvalue weighted by Gasteiger charge is -2.32. The van der Waals surface area contributed by atoms with E-state index < -0.39 is 0 Å². The van der Waals surface area contributed by atoms with Crippen LogP contribution in [0.25, 0.3) is 0 Å². The van der Waals surface area contributed by atoms with Crippen LogP contribution in [0, 0.1) is 5.92 Å². The van der Waals surface area contributed by atoms with E-state index in [4.69, 9.17) is 0 Å². The molecule has 0 aromatic heterocycles. The quantitative estimate of drug-likeness (QED) is 0.767. The number of nitrogens with zero attached hydrogens (tertiary/aromatic N) is 1. The van der Waals surface area contributed by atoms with Gasteiger partial charge in [0, 0.05) is 29.3 Å². The predicted octanol–water partition coefficient (Wildman–Crippen LogP) is 3.27. The van der Waals surface area contributed by atoms with Crippen LogP contribution in [0.1, 0.15) is 25.7 Å². The van der Waals surface area contributed by atoms with Crippen LogP contribution in [0.2, 0.25) is 0 Å². The number of anilines is 1. The Morgan fingerprint density at radius 1 is 1.13 bits per heavy atom. The Hall–Kier alpha value is -0.620. The van der Waals surface area contributed by atoms with E-state index in [1.165, 1.54) is 19.4 Å². The van der Waals surface area contributed by atoms with Crippen molar-refractivity contribution >= 4 is 39.9 Å². The molecule has 1 heterocycles. The average molecular weight is 403 g/mol. The second-order valence-electron chi connectivity index (χ2n) is 6.46. The fourth-order valence-corrected chi connectivity index (χ4v) is 3.15. The second kappa shape index (κ2) is 9.02. The van der Waals surface area contributed by atoms with E-state index in [0.29, 0.717) is 12.6 Å². The normalized spacial score (nSPS) is 19.2. The zero-order chi connectivity index (χ0) is 15.4. The molecule has 1 aromatic rings. The lowest BCUT2D eigenvalue weighted by Crippen LogP contribution is -2.45. The molecule has 128 valence electrons. The molecule has 1 saturated carbocycles. The summed E-state index contributed by atoms with van der Waals surface area (Å²) in [6.45, 7) is 3.70. The highest BCUT2D eigenvalue weighted by Crippen LogP contribution is 2.28. The maximum Gasteiger partial charge on any atom is 0.238 e. The zero-order valence-electron chi connectivity index (χ0n) is 13.3. The van der Waals surface area contributed by atoms with E-state index in [9.17, 15) is 4.79 Å². The molecule has 6 heteroatoms. The number of piperidine rings is 1. The van der Waals surface area contributed by atoms with E-state index in [1.54, 1.807) is 0 Å². The monoisotopic (exact) mass is 401 g/mol. The van der Waals surface area contributed by atoms with Gasteiger partial charge in [-0.25, -0.2) is 0 Å². The summed E-state index contributed by atoms with van der Waals surface area (Å²) in [4.78, 5) is 14.3. The van der Waals surface area contributed by atoms with Gasteiger partial charge in [-0.05, 0) is 62.4 Å². The Kier molecular flexibility index (Phi) is 7.34. The highest BCUT2D eigenvalue weighted by Gasteiger charge is 2.24. The van der Waals surface area contributed by atoms with Gasteiger partial charge in [-0.3, -0.25) is 9.69 Å². The van der Waals surface area contributed by atoms with Crippen LogP contribution in [-0.2, 0) is 4.79 Å². The topological polar surface area (TPSA) is 44.4 Å². The number of hydrogen-bond acceptors (Lipinski definition) is 3. The Balaban J connectivity index is 0.00000192. The van der Waals surface area contributed by atoms with Crippen molar-refractivity contribution in [1.82, 2.24) is 10.2 Å². The first-order chi connectivity index (χ1) is 10.7. The number of hydrogen-bond donors (Lipinski definition) is 2. The highest BCUT2D eigenvalue weighted by atomic mass is 79.9. The number of amides is 1. The van der Waals surface area contributed by atoms with Crippen molar-refractivity contribution in [3.05, 3.63) is 28.7 Å². The standard InChI is InChI=1S/C17H24BrN3O.ClH/c18-14-3-5-16(6-4-14)20-17(22)12-21-9-7-15(8-10-21)19-11-13-1-2-13;/h3-6,13,15,19H,1-2,7-12H2,(H,20,22);1H. The Morgan fingerprint density at radius 2 is 1.78 bits per heavy atom. The molecule has 1 aliphatic carbocycles. The number of likely N-dealkylation sites (tertiary alicyclic amines) is 1. The molecular weight excluding hydrogens is 378 g/mol. The molecule has 0 atom stereocenters. The van der Waals surface area contributed by atoms with Gasteiger partial charge in [0.1, 0.15) is 0 Å². The summed E-state index contributed by atoms with van der Waals surface area (Å²) in [5, 5.41) is 6.63. The molecule has 1 saturated heterocycles. The number of carbonyl (C=O) groups excluding carboxylic acids is 1. The van der Waals surface area contributed by atoms with Crippen LogP contribution < -0.4 is 10.6 Å². The summed E-state index contributed by atoms with van der Waals surface area (Å²) in [6, 6.07) is 8.34. The molecule has 2 aliphatic rings. The molecule has 2 fully saturated rings.